The molecule has 1 nitrogen and oxygen atoms in total. The quantitative estimate of drug-likeness (QED) is 0.300. The van der Waals surface area contributed by atoms with Gasteiger partial charge in [-0.2, -0.15) is 0 Å². The fraction of sp³-hybridized carbons (Fsp3) is 1.00. The Bertz CT molecular complexity index is 184. The number of nitrogens with zero attached hydrogens (tertiary/aromatic N) is 1. The number of unbranched alkanes of at least 4 members (excludes halogenated alkanes) is 7. The third-order valence-electron chi connectivity index (χ3n) is 4.16. The van der Waals surface area contributed by atoms with E-state index in [1.165, 1.54) is 81.8 Å². The van der Waals surface area contributed by atoms with Crippen LogP contribution < -0.4 is 0 Å². The molecule has 0 saturated heterocycles. The molecule has 1 heteroatoms. The lowest BCUT2D eigenvalue weighted by molar-refractivity contribution is -0.890. The highest BCUT2D eigenvalue weighted by Crippen LogP contribution is 2.12. The molecule has 0 aromatic carbocycles. The van der Waals surface area contributed by atoms with E-state index >= 15 is 0 Å². The van der Waals surface area contributed by atoms with Gasteiger partial charge in [0.15, 0.2) is 0 Å². The molecule has 0 aliphatic heterocycles. The molecule has 0 rings (SSSR count). The molecule has 0 aliphatic carbocycles. The lowest BCUT2D eigenvalue weighted by Gasteiger charge is -2.30. The van der Waals surface area contributed by atoms with E-state index in [0.29, 0.717) is 0 Å². The standard InChI is InChI=1S/C18H40N/c1-6-7-8-9-10-11-13-16-19(4,5)17-14-12-15-18(2)3/h18H,6-17H2,1-5H3/q+1. The Hall–Kier alpha value is -0.0400. The molecule has 0 aromatic heterocycles. The second-order valence-electron chi connectivity index (χ2n) is 7.39. The van der Waals surface area contributed by atoms with Crippen LogP contribution in [0.5, 0.6) is 0 Å². The van der Waals surface area contributed by atoms with Crippen molar-refractivity contribution in [2.45, 2.75) is 85.0 Å². The third kappa shape index (κ3) is 14.2. The summed E-state index contributed by atoms with van der Waals surface area (Å²) in [6, 6.07) is 0. The van der Waals surface area contributed by atoms with E-state index in [1.54, 1.807) is 0 Å². The summed E-state index contributed by atoms with van der Waals surface area (Å²) in [6.07, 6.45) is 14.2. The summed E-state index contributed by atoms with van der Waals surface area (Å²) >= 11 is 0. The summed E-state index contributed by atoms with van der Waals surface area (Å²) in [5.41, 5.74) is 0. The van der Waals surface area contributed by atoms with Crippen molar-refractivity contribution in [2.24, 2.45) is 5.92 Å². The molecule has 0 radical (unpaired) electrons. The molecule has 0 heterocycles. The van der Waals surface area contributed by atoms with Crippen LogP contribution in [0.15, 0.2) is 0 Å². The summed E-state index contributed by atoms with van der Waals surface area (Å²) in [5, 5.41) is 0. The van der Waals surface area contributed by atoms with Crippen molar-refractivity contribution in [3.8, 4) is 0 Å². The predicted octanol–water partition coefficient (Wildman–Crippen LogP) is 5.64. The van der Waals surface area contributed by atoms with Crippen molar-refractivity contribution in [1.82, 2.24) is 0 Å². The molecule has 0 aromatic rings. The van der Waals surface area contributed by atoms with Gasteiger partial charge in [0.1, 0.15) is 0 Å². The van der Waals surface area contributed by atoms with Gasteiger partial charge in [-0.05, 0) is 31.6 Å². The smallest absolute Gasteiger partial charge is 0.0782 e. The SMILES string of the molecule is CCCCCCCCC[N+](C)(C)CCCCC(C)C. The molecular formula is C18H40N+. The highest BCUT2D eigenvalue weighted by atomic mass is 15.3. The average Bonchev–Trinajstić information content (AvgIpc) is 2.33. The van der Waals surface area contributed by atoms with Crippen molar-refractivity contribution < 1.29 is 4.48 Å². The first-order chi connectivity index (χ1) is 8.98. The second-order valence-corrected chi connectivity index (χ2v) is 7.39. The van der Waals surface area contributed by atoms with Crippen molar-refractivity contribution in [3.05, 3.63) is 0 Å². The first-order valence-electron chi connectivity index (χ1n) is 8.80. The Balaban J connectivity index is 3.40. The Morgan fingerprint density at radius 2 is 1.16 bits per heavy atom. The maximum absolute atomic E-state index is 2.41. The Labute approximate surface area is 123 Å². The van der Waals surface area contributed by atoms with Crippen LogP contribution in [0.4, 0.5) is 0 Å². The molecule has 0 bridgehead atoms. The molecule has 116 valence electrons. The summed E-state index contributed by atoms with van der Waals surface area (Å²) in [4.78, 5) is 0. The highest BCUT2D eigenvalue weighted by Gasteiger charge is 2.13. The maximum Gasteiger partial charge on any atom is 0.0782 e. The van der Waals surface area contributed by atoms with E-state index in [0.717, 1.165) is 5.92 Å². The van der Waals surface area contributed by atoms with E-state index in [4.69, 9.17) is 0 Å². The molecule has 0 unspecified atom stereocenters. The van der Waals surface area contributed by atoms with Gasteiger partial charge in [0, 0.05) is 0 Å². The van der Waals surface area contributed by atoms with Crippen LogP contribution >= 0.6 is 0 Å². The van der Waals surface area contributed by atoms with Gasteiger partial charge >= 0.3 is 0 Å². The Kier molecular flexibility index (Phi) is 11.7. The van der Waals surface area contributed by atoms with E-state index in [9.17, 15) is 0 Å². The van der Waals surface area contributed by atoms with Gasteiger partial charge in [0.25, 0.3) is 0 Å². The van der Waals surface area contributed by atoms with E-state index < -0.39 is 0 Å². The highest BCUT2D eigenvalue weighted by molar-refractivity contribution is 4.48. The Morgan fingerprint density at radius 3 is 1.68 bits per heavy atom. The van der Waals surface area contributed by atoms with Crippen molar-refractivity contribution in [2.75, 3.05) is 27.2 Å². The van der Waals surface area contributed by atoms with Crippen LogP contribution in [0.25, 0.3) is 0 Å². The van der Waals surface area contributed by atoms with Crippen molar-refractivity contribution in [3.63, 3.8) is 0 Å². The fourth-order valence-corrected chi connectivity index (χ4v) is 2.70. The number of hydrogen-bond acceptors (Lipinski definition) is 0. The van der Waals surface area contributed by atoms with E-state index in [2.05, 4.69) is 34.9 Å². The second kappa shape index (κ2) is 11.8. The minimum Gasteiger partial charge on any atom is -0.328 e. The summed E-state index contributed by atoms with van der Waals surface area (Å²) in [5.74, 6) is 0.874. The normalized spacial score (nSPS) is 12.3. The lowest BCUT2D eigenvalue weighted by Crippen LogP contribution is -2.41. The molecular weight excluding hydrogens is 230 g/mol. The molecule has 0 saturated carbocycles. The minimum atomic E-state index is 0.874. The summed E-state index contributed by atoms with van der Waals surface area (Å²) in [6.45, 7) is 9.69. The first kappa shape index (κ1) is 19.0. The topological polar surface area (TPSA) is 0 Å². The maximum atomic E-state index is 2.41. The molecule has 19 heavy (non-hydrogen) atoms. The molecule has 0 amide bonds. The number of quaternary nitrogens is 1. The molecule has 0 atom stereocenters. The first-order valence-corrected chi connectivity index (χ1v) is 8.80. The van der Waals surface area contributed by atoms with Gasteiger partial charge in [-0.3, -0.25) is 0 Å². The van der Waals surface area contributed by atoms with E-state index in [-0.39, 0.29) is 0 Å². The van der Waals surface area contributed by atoms with Gasteiger partial charge in [-0.25, -0.2) is 0 Å². The zero-order valence-electron chi connectivity index (χ0n) is 14.5. The fourth-order valence-electron chi connectivity index (χ4n) is 2.70. The van der Waals surface area contributed by atoms with Gasteiger partial charge in [-0.1, -0.05) is 59.3 Å². The van der Waals surface area contributed by atoms with E-state index in [1.807, 2.05) is 0 Å². The van der Waals surface area contributed by atoms with Crippen LogP contribution in [0, 0.1) is 5.92 Å². The number of rotatable bonds is 13. The molecule has 0 fully saturated rings. The monoisotopic (exact) mass is 270 g/mol. The minimum absolute atomic E-state index is 0.874. The third-order valence-corrected chi connectivity index (χ3v) is 4.16. The van der Waals surface area contributed by atoms with Gasteiger partial charge in [0.05, 0.1) is 27.2 Å². The van der Waals surface area contributed by atoms with Crippen LogP contribution in [-0.2, 0) is 0 Å². The lowest BCUT2D eigenvalue weighted by atomic mass is 10.1. The van der Waals surface area contributed by atoms with Crippen LogP contribution in [0.2, 0.25) is 0 Å². The van der Waals surface area contributed by atoms with Gasteiger partial charge < -0.3 is 4.48 Å². The molecule has 0 aliphatic rings. The van der Waals surface area contributed by atoms with Gasteiger partial charge in [0.2, 0.25) is 0 Å². The van der Waals surface area contributed by atoms with Crippen LogP contribution in [0.1, 0.15) is 85.0 Å². The zero-order valence-corrected chi connectivity index (χ0v) is 14.5. The van der Waals surface area contributed by atoms with Gasteiger partial charge in [-0.15, -0.1) is 0 Å². The number of hydrogen-bond donors (Lipinski definition) is 0. The largest absolute Gasteiger partial charge is 0.328 e. The molecule has 0 spiro atoms. The van der Waals surface area contributed by atoms with Crippen LogP contribution in [0.3, 0.4) is 0 Å². The zero-order chi connectivity index (χ0) is 14.6. The predicted molar refractivity (Wildman–Crippen MR) is 88.5 cm³/mol. The summed E-state index contributed by atoms with van der Waals surface area (Å²) < 4.78 is 1.23. The van der Waals surface area contributed by atoms with Crippen molar-refractivity contribution in [1.29, 1.82) is 0 Å². The Morgan fingerprint density at radius 1 is 0.684 bits per heavy atom. The summed E-state index contributed by atoms with van der Waals surface area (Å²) in [7, 11) is 4.82. The van der Waals surface area contributed by atoms with Crippen LogP contribution in [-0.4, -0.2) is 31.7 Å². The average molecular weight is 271 g/mol. The molecule has 0 N–H and O–H groups in total. The van der Waals surface area contributed by atoms with Crippen molar-refractivity contribution >= 4 is 0 Å².